The minimum atomic E-state index is -0.226. The number of rotatable bonds is 4. The quantitative estimate of drug-likeness (QED) is 0.673. The molecule has 0 unspecified atom stereocenters. The number of hydrogen-bond donors (Lipinski definition) is 0. The Hall–Kier alpha value is -1.36. The first-order chi connectivity index (χ1) is 7.02. The van der Waals surface area contributed by atoms with E-state index in [0.717, 1.165) is 11.4 Å². The monoisotopic (exact) mass is 211 g/mol. The molecule has 15 heavy (non-hydrogen) atoms. The van der Waals surface area contributed by atoms with Gasteiger partial charge in [0.1, 0.15) is 0 Å². The van der Waals surface area contributed by atoms with Gasteiger partial charge in [-0.05, 0) is 20.0 Å². The van der Waals surface area contributed by atoms with Gasteiger partial charge in [0.2, 0.25) is 0 Å². The first-order valence-electron chi connectivity index (χ1n) is 4.78. The highest BCUT2D eigenvalue weighted by Gasteiger charge is 2.09. The van der Waals surface area contributed by atoms with E-state index in [2.05, 4.69) is 9.84 Å². The van der Waals surface area contributed by atoms with E-state index in [9.17, 15) is 4.79 Å². The van der Waals surface area contributed by atoms with Crippen LogP contribution in [0.25, 0.3) is 0 Å². The Morgan fingerprint density at radius 1 is 1.67 bits per heavy atom. The van der Waals surface area contributed by atoms with Crippen molar-refractivity contribution in [2.45, 2.75) is 13.5 Å². The molecule has 0 saturated carbocycles. The third kappa shape index (κ3) is 3.36. The van der Waals surface area contributed by atoms with Gasteiger partial charge in [0.15, 0.2) is 0 Å². The van der Waals surface area contributed by atoms with E-state index in [4.69, 9.17) is 0 Å². The molecule has 0 radical (unpaired) electrons. The topological polar surface area (TPSA) is 47.4 Å². The molecule has 0 aromatic carbocycles. The smallest absolute Gasteiger partial charge is 0.319 e. The van der Waals surface area contributed by atoms with Crippen molar-refractivity contribution in [2.24, 2.45) is 7.05 Å². The zero-order valence-corrected chi connectivity index (χ0v) is 9.65. The van der Waals surface area contributed by atoms with Crippen molar-refractivity contribution in [3.63, 3.8) is 0 Å². The summed E-state index contributed by atoms with van der Waals surface area (Å²) in [5, 5.41) is 4.24. The highest BCUT2D eigenvalue weighted by atomic mass is 16.5. The minimum absolute atomic E-state index is 0.226. The zero-order chi connectivity index (χ0) is 11.4. The fraction of sp³-hybridized carbons (Fsp3) is 0.600. The van der Waals surface area contributed by atoms with Crippen molar-refractivity contribution >= 4 is 5.97 Å². The highest BCUT2D eigenvalue weighted by molar-refractivity contribution is 5.71. The Labute approximate surface area is 89.6 Å². The van der Waals surface area contributed by atoms with E-state index >= 15 is 0 Å². The van der Waals surface area contributed by atoms with Gasteiger partial charge in [-0.1, -0.05) is 0 Å². The molecule has 5 heteroatoms. The molecule has 1 aromatic rings. The number of carbonyl (C=O) groups is 1. The van der Waals surface area contributed by atoms with E-state index in [1.165, 1.54) is 7.11 Å². The second kappa shape index (κ2) is 4.93. The lowest BCUT2D eigenvalue weighted by atomic mass is 10.3. The van der Waals surface area contributed by atoms with Crippen molar-refractivity contribution in [2.75, 3.05) is 20.7 Å². The summed E-state index contributed by atoms with van der Waals surface area (Å²) >= 11 is 0. The van der Waals surface area contributed by atoms with Crippen molar-refractivity contribution < 1.29 is 9.53 Å². The molecule has 0 aliphatic carbocycles. The van der Waals surface area contributed by atoms with Crippen LogP contribution >= 0.6 is 0 Å². The largest absolute Gasteiger partial charge is 0.468 e. The molecule has 0 aliphatic heterocycles. The number of carbonyl (C=O) groups excluding carboxylic acids is 1. The van der Waals surface area contributed by atoms with Gasteiger partial charge in [-0.15, -0.1) is 0 Å². The second-order valence-corrected chi connectivity index (χ2v) is 3.65. The fourth-order valence-corrected chi connectivity index (χ4v) is 1.43. The second-order valence-electron chi connectivity index (χ2n) is 3.65. The molecule has 0 amide bonds. The van der Waals surface area contributed by atoms with Crippen LogP contribution in [-0.4, -0.2) is 41.4 Å². The lowest BCUT2D eigenvalue weighted by molar-refractivity contribution is -0.141. The summed E-state index contributed by atoms with van der Waals surface area (Å²) in [7, 11) is 5.16. The van der Waals surface area contributed by atoms with Crippen LogP contribution in [0.5, 0.6) is 0 Å². The van der Waals surface area contributed by atoms with Crippen LogP contribution in [0.15, 0.2) is 6.07 Å². The first kappa shape index (κ1) is 11.7. The number of aryl methyl sites for hydroxylation is 2. The van der Waals surface area contributed by atoms with Gasteiger partial charge in [-0.25, -0.2) is 0 Å². The van der Waals surface area contributed by atoms with E-state index in [1.54, 1.807) is 0 Å². The average molecular weight is 211 g/mol. The number of hydrogen-bond acceptors (Lipinski definition) is 4. The molecule has 0 saturated heterocycles. The maximum Gasteiger partial charge on any atom is 0.319 e. The third-order valence-corrected chi connectivity index (χ3v) is 2.16. The number of ether oxygens (including phenoxy) is 1. The summed E-state index contributed by atoms with van der Waals surface area (Å²) in [5.41, 5.74) is 2.07. The Morgan fingerprint density at radius 3 is 2.80 bits per heavy atom. The number of aromatic nitrogens is 2. The molecule has 0 atom stereocenters. The van der Waals surface area contributed by atoms with Crippen molar-refractivity contribution in [1.82, 2.24) is 14.7 Å². The number of esters is 1. The van der Waals surface area contributed by atoms with Crippen molar-refractivity contribution in [1.29, 1.82) is 0 Å². The van der Waals surface area contributed by atoms with Crippen LogP contribution in [0, 0.1) is 6.92 Å². The van der Waals surface area contributed by atoms with E-state index in [1.807, 2.05) is 36.7 Å². The van der Waals surface area contributed by atoms with Crippen LogP contribution in [0.2, 0.25) is 0 Å². The molecule has 0 fully saturated rings. The highest BCUT2D eigenvalue weighted by Crippen LogP contribution is 2.04. The summed E-state index contributed by atoms with van der Waals surface area (Å²) in [6.45, 7) is 2.93. The molecule has 0 spiro atoms. The summed E-state index contributed by atoms with van der Waals surface area (Å²) in [6.07, 6.45) is 0. The SMILES string of the molecule is COC(=O)CN(C)Cc1cc(C)nn1C. The summed E-state index contributed by atoms with van der Waals surface area (Å²) in [4.78, 5) is 12.9. The maximum absolute atomic E-state index is 11.0. The lowest BCUT2D eigenvalue weighted by Crippen LogP contribution is -2.27. The van der Waals surface area contributed by atoms with Crippen LogP contribution in [-0.2, 0) is 23.1 Å². The van der Waals surface area contributed by atoms with E-state index in [0.29, 0.717) is 13.1 Å². The van der Waals surface area contributed by atoms with Gasteiger partial charge in [-0.2, -0.15) is 5.10 Å². The van der Waals surface area contributed by atoms with Crippen molar-refractivity contribution in [3.05, 3.63) is 17.5 Å². The lowest BCUT2D eigenvalue weighted by Gasteiger charge is -2.14. The molecule has 0 aliphatic rings. The molecule has 0 bridgehead atoms. The average Bonchev–Trinajstić information content (AvgIpc) is 2.44. The summed E-state index contributed by atoms with van der Waals surface area (Å²) in [6, 6.07) is 2.01. The van der Waals surface area contributed by atoms with Crippen LogP contribution < -0.4 is 0 Å². The first-order valence-corrected chi connectivity index (χ1v) is 4.78. The molecule has 1 aromatic heterocycles. The summed E-state index contributed by atoms with van der Waals surface area (Å²) in [5.74, 6) is -0.226. The molecular weight excluding hydrogens is 194 g/mol. The Kier molecular flexibility index (Phi) is 3.85. The van der Waals surface area contributed by atoms with Crippen LogP contribution in [0.4, 0.5) is 0 Å². The van der Waals surface area contributed by atoms with Gasteiger partial charge in [0.05, 0.1) is 25.0 Å². The predicted octanol–water partition coefficient (Wildman–Crippen LogP) is 0.333. The van der Waals surface area contributed by atoms with E-state index in [-0.39, 0.29) is 5.97 Å². The molecule has 0 N–H and O–H groups in total. The minimum Gasteiger partial charge on any atom is -0.468 e. The number of likely N-dealkylation sites (N-methyl/N-ethyl adjacent to an activating group) is 1. The van der Waals surface area contributed by atoms with Crippen LogP contribution in [0.3, 0.4) is 0 Å². The molecule has 84 valence electrons. The fourth-order valence-electron chi connectivity index (χ4n) is 1.43. The Bertz CT molecular complexity index is 346. The zero-order valence-electron chi connectivity index (χ0n) is 9.65. The maximum atomic E-state index is 11.0. The predicted molar refractivity (Wildman–Crippen MR) is 56.3 cm³/mol. The normalized spacial score (nSPS) is 10.7. The van der Waals surface area contributed by atoms with Gasteiger partial charge in [0, 0.05) is 13.6 Å². The number of nitrogens with zero attached hydrogens (tertiary/aromatic N) is 3. The summed E-state index contributed by atoms with van der Waals surface area (Å²) < 4.78 is 6.41. The molecule has 5 nitrogen and oxygen atoms in total. The van der Waals surface area contributed by atoms with Gasteiger partial charge in [-0.3, -0.25) is 14.4 Å². The van der Waals surface area contributed by atoms with E-state index < -0.39 is 0 Å². The molecule has 1 rings (SSSR count). The third-order valence-electron chi connectivity index (χ3n) is 2.16. The molecule has 1 heterocycles. The number of methoxy groups -OCH3 is 1. The van der Waals surface area contributed by atoms with Crippen molar-refractivity contribution in [3.8, 4) is 0 Å². The van der Waals surface area contributed by atoms with Gasteiger partial charge in [0.25, 0.3) is 0 Å². The standard InChI is InChI=1S/C10H17N3O2/c1-8-5-9(13(3)11-8)6-12(2)7-10(14)15-4/h5H,6-7H2,1-4H3. The Morgan fingerprint density at radius 2 is 2.33 bits per heavy atom. The van der Waals surface area contributed by atoms with Crippen LogP contribution in [0.1, 0.15) is 11.4 Å². The van der Waals surface area contributed by atoms with Gasteiger partial charge >= 0.3 is 5.97 Å². The van der Waals surface area contributed by atoms with Gasteiger partial charge < -0.3 is 4.74 Å². The Balaban J connectivity index is 2.54. The molecular formula is C10H17N3O2.